The van der Waals surface area contributed by atoms with Crippen molar-refractivity contribution in [3.63, 3.8) is 0 Å². The van der Waals surface area contributed by atoms with Gasteiger partial charge >= 0.3 is 0 Å². The van der Waals surface area contributed by atoms with Crippen molar-refractivity contribution < 1.29 is 19.1 Å². The number of hydrogen-bond acceptors (Lipinski definition) is 5. The zero-order valence-corrected chi connectivity index (χ0v) is 18.3. The quantitative estimate of drug-likeness (QED) is 0.357. The standard InChI is InChI=1S/C26H21NO4S/c1-18-6-5-7-20(14-18)17-31-22-12-10-19(11-13-22)15-24-25(29)27(26(30)32-24)16-23(28)21-8-3-2-4-9-21/h2-15H,16-17H2,1H3/b24-15+. The van der Waals surface area contributed by atoms with Gasteiger partial charge < -0.3 is 4.74 Å². The van der Waals surface area contributed by atoms with E-state index in [-0.39, 0.29) is 12.3 Å². The third kappa shape index (κ3) is 5.15. The van der Waals surface area contributed by atoms with Gasteiger partial charge in [0, 0.05) is 5.56 Å². The number of carbonyl (C=O) groups excluding carboxylic acids is 3. The summed E-state index contributed by atoms with van der Waals surface area (Å²) in [5.74, 6) is -0.0152. The number of ether oxygens (including phenoxy) is 1. The molecule has 0 spiro atoms. The van der Waals surface area contributed by atoms with E-state index in [0.717, 1.165) is 27.8 Å². The van der Waals surface area contributed by atoms with E-state index in [0.29, 0.717) is 22.8 Å². The minimum absolute atomic E-state index is 0.266. The lowest BCUT2D eigenvalue weighted by molar-refractivity contribution is -0.122. The third-order valence-electron chi connectivity index (χ3n) is 4.94. The van der Waals surface area contributed by atoms with Crippen LogP contribution in [-0.4, -0.2) is 28.4 Å². The molecule has 0 aliphatic carbocycles. The summed E-state index contributed by atoms with van der Waals surface area (Å²) in [5.41, 5.74) is 3.51. The van der Waals surface area contributed by atoms with Crippen LogP contribution in [-0.2, 0) is 11.4 Å². The summed E-state index contributed by atoms with van der Waals surface area (Å²) >= 11 is 0.842. The Kier molecular flexibility index (Phi) is 6.52. The van der Waals surface area contributed by atoms with Gasteiger partial charge in [0.2, 0.25) is 0 Å². The van der Waals surface area contributed by atoms with Gasteiger partial charge in [0.05, 0.1) is 11.4 Å². The molecule has 0 N–H and O–H groups in total. The smallest absolute Gasteiger partial charge is 0.293 e. The van der Waals surface area contributed by atoms with Gasteiger partial charge in [-0.15, -0.1) is 0 Å². The molecule has 3 aromatic carbocycles. The largest absolute Gasteiger partial charge is 0.489 e. The van der Waals surface area contributed by atoms with Crippen molar-refractivity contribution in [3.05, 3.63) is 106 Å². The van der Waals surface area contributed by atoms with Gasteiger partial charge in [-0.1, -0.05) is 72.3 Å². The molecule has 0 saturated carbocycles. The zero-order valence-electron chi connectivity index (χ0n) is 17.5. The van der Waals surface area contributed by atoms with Gasteiger partial charge in [0.25, 0.3) is 11.1 Å². The maximum atomic E-state index is 12.7. The average Bonchev–Trinajstić information content (AvgIpc) is 3.06. The van der Waals surface area contributed by atoms with Gasteiger partial charge in [-0.3, -0.25) is 19.3 Å². The van der Waals surface area contributed by atoms with E-state index < -0.39 is 11.1 Å². The second-order valence-electron chi connectivity index (χ2n) is 7.40. The summed E-state index contributed by atoms with van der Waals surface area (Å²) in [6, 6.07) is 24.1. The Morgan fingerprint density at radius 2 is 1.72 bits per heavy atom. The number of ketones is 1. The summed E-state index contributed by atoms with van der Waals surface area (Å²) < 4.78 is 5.82. The number of Topliss-reactive ketones (excluding diaryl/α,β-unsaturated/α-hetero) is 1. The number of thioether (sulfide) groups is 1. The highest BCUT2D eigenvalue weighted by Gasteiger charge is 2.36. The van der Waals surface area contributed by atoms with Crippen molar-refractivity contribution in [2.24, 2.45) is 0 Å². The van der Waals surface area contributed by atoms with Crippen molar-refractivity contribution in [1.29, 1.82) is 0 Å². The van der Waals surface area contributed by atoms with Gasteiger partial charge in [0.1, 0.15) is 12.4 Å². The van der Waals surface area contributed by atoms with Gasteiger partial charge in [-0.05, 0) is 48.0 Å². The predicted octanol–water partition coefficient (Wildman–Crippen LogP) is 5.49. The Balaban J connectivity index is 1.39. The molecule has 2 amide bonds. The molecule has 0 bridgehead atoms. The number of rotatable bonds is 7. The average molecular weight is 444 g/mol. The molecule has 1 saturated heterocycles. The topological polar surface area (TPSA) is 63.7 Å². The Hall–Kier alpha value is -3.64. The molecular weight excluding hydrogens is 422 g/mol. The molecule has 1 heterocycles. The fraction of sp³-hybridized carbons (Fsp3) is 0.115. The van der Waals surface area contributed by atoms with E-state index >= 15 is 0 Å². The van der Waals surface area contributed by atoms with Crippen LogP contribution in [0.3, 0.4) is 0 Å². The van der Waals surface area contributed by atoms with E-state index in [1.54, 1.807) is 36.4 Å². The maximum Gasteiger partial charge on any atom is 0.293 e. The highest BCUT2D eigenvalue weighted by Crippen LogP contribution is 2.32. The van der Waals surface area contributed by atoms with E-state index in [9.17, 15) is 14.4 Å². The molecule has 5 nitrogen and oxygen atoms in total. The van der Waals surface area contributed by atoms with Crippen LogP contribution in [0.15, 0.2) is 83.8 Å². The maximum absolute atomic E-state index is 12.7. The van der Waals surface area contributed by atoms with E-state index in [4.69, 9.17) is 4.74 Å². The lowest BCUT2D eigenvalue weighted by Crippen LogP contribution is -2.33. The molecule has 6 heteroatoms. The Labute approximate surface area is 190 Å². The first kappa shape index (κ1) is 21.6. The molecule has 1 fully saturated rings. The van der Waals surface area contributed by atoms with Gasteiger partial charge in [-0.25, -0.2) is 0 Å². The summed E-state index contributed by atoms with van der Waals surface area (Å²) in [4.78, 5) is 38.7. The van der Waals surface area contributed by atoms with Crippen molar-refractivity contribution in [3.8, 4) is 5.75 Å². The minimum Gasteiger partial charge on any atom is -0.489 e. The number of amides is 2. The van der Waals surface area contributed by atoms with Crippen LogP contribution >= 0.6 is 11.8 Å². The Morgan fingerprint density at radius 1 is 0.969 bits per heavy atom. The number of hydrogen-bond donors (Lipinski definition) is 0. The summed E-state index contributed by atoms with van der Waals surface area (Å²) in [5, 5.41) is -0.441. The van der Waals surface area contributed by atoms with Gasteiger partial charge in [-0.2, -0.15) is 0 Å². The second-order valence-corrected chi connectivity index (χ2v) is 8.40. The van der Waals surface area contributed by atoms with Crippen LogP contribution in [0.5, 0.6) is 5.75 Å². The molecule has 0 radical (unpaired) electrons. The Bertz CT molecular complexity index is 1190. The number of carbonyl (C=O) groups is 3. The predicted molar refractivity (Wildman–Crippen MR) is 125 cm³/mol. The minimum atomic E-state index is -0.455. The zero-order chi connectivity index (χ0) is 22.5. The van der Waals surface area contributed by atoms with Crippen molar-refractivity contribution in [2.75, 3.05) is 6.54 Å². The molecule has 0 unspecified atom stereocenters. The molecule has 160 valence electrons. The highest BCUT2D eigenvalue weighted by molar-refractivity contribution is 8.18. The number of benzene rings is 3. The first-order valence-electron chi connectivity index (χ1n) is 10.1. The lowest BCUT2D eigenvalue weighted by Gasteiger charge is -2.11. The van der Waals surface area contributed by atoms with Crippen LogP contribution in [0.4, 0.5) is 4.79 Å². The van der Waals surface area contributed by atoms with Crippen LogP contribution in [0.2, 0.25) is 0 Å². The van der Waals surface area contributed by atoms with E-state index in [1.807, 2.05) is 49.4 Å². The number of nitrogens with zero attached hydrogens (tertiary/aromatic N) is 1. The molecule has 0 aromatic heterocycles. The molecule has 0 atom stereocenters. The fourth-order valence-corrected chi connectivity index (χ4v) is 4.11. The molecular formula is C26H21NO4S. The molecule has 3 aromatic rings. The molecule has 1 aliphatic rings. The number of imide groups is 1. The normalized spacial score (nSPS) is 14.8. The van der Waals surface area contributed by atoms with Crippen molar-refractivity contribution in [2.45, 2.75) is 13.5 Å². The summed E-state index contributed by atoms with van der Waals surface area (Å²) in [6.45, 7) is 2.24. The Morgan fingerprint density at radius 3 is 2.44 bits per heavy atom. The van der Waals surface area contributed by atoms with E-state index in [2.05, 4.69) is 6.07 Å². The van der Waals surface area contributed by atoms with Gasteiger partial charge in [0.15, 0.2) is 5.78 Å². The van der Waals surface area contributed by atoms with Crippen molar-refractivity contribution in [1.82, 2.24) is 4.90 Å². The first-order valence-corrected chi connectivity index (χ1v) is 10.9. The fourth-order valence-electron chi connectivity index (χ4n) is 3.28. The molecule has 32 heavy (non-hydrogen) atoms. The van der Waals surface area contributed by atoms with Crippen LogP contribution < -0.4 is 4.74 Å². The SMILES string of the molecule is Cc1cccc(COc2ccc(/C=C3/SC(=O)N(CC(=O)c4ccccc4)C3=O)cc2)c1. The monoisotopic (exact) mass is 443 g/mol. The number of aryl methyl sites for hydroxylation is 1. The first-order chi connectivity index (χ1) is 15.5. The third-order valence-corrected chi connectivity index (χ3v) is 5.84. The van der Waals surface area contributed by atoms with E-state index in [1.165, 1.54) is 5.56 Å². The lowest BCUT2D eigenvalue weighted by atomic mass is 10.1. The molecule has 4 rings (SSSR count). The van der Waals surface area contributed by atoms with Crippen LogP contribution in [0.25, 0.3) is 6.08 Å². The highest BCUT2D eigenvalue weighted by atomic mass is 32.2. The van der Waals surface area contributed by atoms with Crippen LogP contribution in [0, 0.1) is 6.92 Å². The summed E-state index contributed by atoms with van der Waals surface area (Å²) in [7, 11) is 0. The van der Waals surface area contributed by atoms with Crippen LogP contribution in [0.1, 0.15) is 27.0 Å². The summed E-state index contributed by atoms with van der Waals surface area (Å²) in [6.07, 6.45) is 1.65. The molecule has 1 aliphatic heterocycles. The second kappa shape index (κ2) is 9.66. The van der Waals surface area contributed by atoms with Crippen molar-refractivity contribution >= 4 is 34.8 Å².